The first-order valence-electron chi connectivity index (χ1n) is 7.79. The number of aliphatic hydroxyl groups is 2. The van der Waals surface area contributed by atoms with Gasteiger partial charge in [-0.2, -0.15) is 0 Å². The second-order valence-corrected chi connectivity index (χ2v) is 6.49. The van der Waals surface area contributed by atoms with Gasteiger partial charge in [-0.3, -0.25) is 0 Å². The predicted octanol–water partition coefficient (Wildman–Crippen LogP) is 2.12. The monoisotopic (exact) mass is 275 g/mol. The number of aliphatic hydroxyl groups excluding tert-OH is 2. The highest BCUT2D eigenvalue weighted by Gasteiger charge is 2.41. The number of fused-ring (bicyclic) bond motifs is 1. The van der Waals surface area contributed by atoms with Crippen LogP contribution in [0.1, 0.15) is 36.5 Å². The van der Waals surface area contributed by atoms with E-state index in [1.807, 2.05) is 18.2 Å². The topological polar surface area (TPSA) is 43.7 Å². The van der Waals surface area contributed by atoms with Gasteiger partial charge < -0.3 is 15.1 Å². The molecular weight excluding hydrogens is 250 g/mol. The zero-order valence-electron chi connectivity index (χ0n) is 12.2. The lowest BCUT2D eigenvalue weighted by Crippen LogP contribution is -2.26. The van der Waals surface area contributed by atoms with Crippen LogP contribution in [0.25, 0.3) is 0 Å². The molecule has 3 nitrogen and oxygen atoms in total. The van der Waals surface area contributed by atoms with E-state index in [0.717, 1.165) is 43.6 Å². The highest BCUT2D eigenvalue weighted by molar-refractivity contribution is 5.27. The number of hydrogen-bond acceptors (Lipinski definition) is 3. The van der Waals surface area contributed by atoms with Gasteiger partial charge >= 0.3 is 0 Å². The van der Waals surface area contributed by atoms with Gasteiger partial charge in [0.2, 0.25) is 0 Å². The lowest BCUT2D eigenvalue weighted by atomic mass is 10.00. The Morgan fingerprint density at radius 3 is 2.80 bits per heavy atom. The average molecular weight is 275 g/mol. The Kier molecular flexibility index (Phi) is 4.11. The van der Waals surface area contributed by atoms with Crippen molar-refractivity contribution in [2.45, 2.75) is 38.4 Å². The van der Waals surface area contributed by atoms with Crippen LogP contribution in [0.15, 0.2) is 24.3 Å². The molecule has 20 heavy (non-hydrogen) atoms. The van der Waals surface area contributed by atoms with Gasteiger partial charge in [-0.15, -0.1) is 0 Å². The Hall–Kier alpha value is -0.900. The number of nitrogens with zero attached hydrogens (tertiary/aromatic N) is 1. The highest BCUT2D eigenvalue weighted by Crippen LogP contribution is 2.38. The first-order chi connectivity index (χ1) is 9.65. The maximum absolute atomic E-state index is 10.3. The fourth-order valence-electron chi connectivity index (χ4n) is 3.93. The van der Waals surface area contributed by atoms with Crippen molar-refractivity contribution in [2.24, 2.45) is 11.8 Å². The lowest BCUT2D eigenvalue weighted by molar-refractivity contribution is 0.117. The number of likely N-dealkylation sites (tertiary alicyclic amines) is 1. The molecule has 2 fully saturated rings. The fourth-order valence-corrected chi connectivity index (χ4v) is 3.93. The maximum atomic E-state index is 10.3. The molecular formula is C17H25NO2. The summed E-state index contributed by atoms with van der Waals surface area (Å²) < 4.78 is 0. The number of benzene rings is 1. The Morgan fingerprint density at radius 1 is 1.25 bits per heavy atom. The van der Waals surface area contributed by atoms with Crippen molar-refractivity contribution in [1.82, 2.24) is 4.90 Å². The molecule has 0 radical (unpaired) electrons. The first-order valence-corrected chi connectivity index (χ1v) is 7.79. The van der Waals surface area contributed by atoms with Crippen LogP contribution in [0.2, 0.25) is 0 Å². The van der Waals surface area contributed by atoms with Crippen LogP contribution in [-0.4, -0.2) is 40.9 Å². The molecule has 1 aromatic carbocycles. The number of hydrogen-bond donors (Lipinski definition) is 2. The van der Waals surface area contributed by atoms with Crippen LogP contribution in [0.5, 0.6) is 0 Å². The molecule has 2 aliphatic rings. The third-order valence-corrected chi connectivity index (χ3v) is 5.16. The fraction of sp³-hybridized carbons (Fsp3) is 0.647. The zero-order valence-corrected chi connectivity index (χ0v) is 12.2. The van der Waals surface area contributed by atoms with Gasteiger partial charge in [0.25, 0.3) is 0 Å². The van der Waals surface area contributed by atoms with Crippen molar-refractivity contribution in [1.29, 1.82) is 0 Å². The van der Waals surface area contributed by atoms with E-state index in [9.17, 15) is 10.2 Å². The summed E-state index contributed by atoms with van der Waals surface area (Å²) in [6, 6.07) is 8.06. The van der Waals surface area contributed by atoms with Gasteiger partial charge in [0.05, 0.1) is 12.2 Å². The van der Waals surface area contributed by atoms with Crippen LogP contribution < -0.4 is 0 Å². The summed E-state index contributed by atoms with van der Waals surface area (Å²) in [5, 5.41) is 20.3. The molecule has 4 unspecified atom stereocenters. The molecule has 3 heteroatoms. The van der Waals surface area contributed by atoms with Crippen molar-refractivity contribution in [3.8, 4) is 0 Å². The van der Waals surface area contributed by atoms with Crippen LogP contribution in [-0.2, 0) is 0 Å². The van der Waals surface area contributed by atoms with Crippen molar-refractivity contribution < 1.29 is 10.2 Å². The van der Waals surface area contributed by atoms with Gasteiger partial charge in [0.15, 0.2) is 0 Å². The van der Waals surface area contributed by atoms with Crippen LogP contribution >= 0.6 is 0 Å². The van der Waals surface area contributed by atoms with Gasteiger partial charge in [-0.25, -0.2) is 0 Å². The minimum Gasteiger partial charge on any atom is -0.393 e. The van der Waals surface area contributed by atoms with Gasteiger partial charge in [-0.1, -0.05) is 24.3 Å². The van der Waals surface area contributed by atoms with Crippen LogP contribution in [0, 0.1) is 18.8 Å². The maximum Gasteiger partial charge on any atom is 0.0804 e. The molecule has 1 aromatic rings. The van der Waals surface area contributed by atoms with Crippen molar-refractivity contribution >= 4 is 0 Å². The highest BCUT2D eigenvalue weighted by atomic mass is 16.3. The summed E-state index contributed by atoms with van der Waals surface area (Å²) >= 11 is 0. The molecule has 0 spiro atoms. The third kappa shape index (κ3) is 2.76. The molecule has 0 aromatic heterocycles. The summed E-state index contributed by atoms with van der Waals surface area (Å²) in [6.07, 6.45) is 2.46. The Morgan fingerprint density at radius 2 is 2.05 bits per heavy atom. The molecule has 1 aliphatic carbocycles. The van der Waals surface area contributed by atoms with Crippen molar-refractivity contribution in [3.05, 3.63) is 35.4 Å². The summed E-state index contributed by atoms with van der Waals surface area (Å²) in [6.45, 7) is 5.08. The normalized spacial score (nSPS) is 31.4. The Bertz CT molecular complexity index is 462. The average Bonchev–Trinajstić information content (AvgIpc) is 2.99. The minimum absolute atomic E-state index is 0.0914. The van der Waals surface area contributed by atoms with Gasteiger partial charge in [0, 0.05) is 25.6 Å². The smallest absolute Gasteiger partial charge is 0.0804 e. The second kappa shape index (κ2) is 5.84. The summed E-state index contributed by atoms with van der Waals surface area (Å²) in [5.41, 5.74) is 2.21. The molecule has 4 atom stereocenters. The minimum atomic E-state index is -0.374. The molecule has 0 bridgehead atoms. The Balaban J connectivity index is 1.52. The number of rotatable bonds is 4. The standard InChI is InChI=1S/C17H25NO2/c1-12-4-2-3-5-14(12)17(20)8-9-18-10-13-6-7-16(19)15(13)11-18/h2-5,13,15-17,19-20H,6-11H2,1H3. The summed E-state index contributed by atoms with van der Waals surface area (Å²) in [5.74, 6) is 1.16. The number of aryl methyl sites for hydroxylation is 1. The SMILES string of the molecule is Cc1ccccc1C(O)CCN1CC2CCC(O)C2C1. The first kappa shape index (κ1) is 14.1. The molecule has 1 heterocycles. The summed E-state index contributed by atoms with van der Waals surface area (Å²) in [7, 11) is 0. The molecule has 1 saturated heterocycles. The quantitative estimate of drug-likeness (QED) is 0.884. The van der Waals surface area contributed by atoms with E-state index >= 15 is 0 Å². The zero-order chi connectivity index (χ0) is 14.1. The van der Waals surface area contributed by atoms with E-state index in [-0.39, 0.29) is 12.2 Å². The summed E-state index contributed by atoms with van der Waals surface area (Å²) in [4.78, 5) is 2.42. The molecule has 0 amide bonds. The van der Waals surface area contributed by atoms with Crippen molar-refractivity contribution in [3.63, 3.8) is 0 Å². The second-order valence-electron chi connectivity index (χ2n) is 6.49. The predicted molar refractivity (Wildman–Crippen MR) is 79.4 cm³/mol. The van der Waals surface area contributed by atoms with Gasteiger partial charge in [-0.05, 0) is 43.2 Å². The van der Waals surface area contributed by atoms with E-state index in [2.05, 4.69) is 17.9 Å². The third-order valence-electron chi connectivity index (χ3n) is 5.16. The lowest BCUT2D eigenvalue weighted by Gasteiger charge is -2.20. The van der Waals surface area contributed by atoms with Crippen LogP contribution in [0.4, 0.5) is 0 Å². The molecule has 3 rings (SSSR count). The Labute approximate surface area is 121 Å². The van der Waals surface area contributed by atoms with E-state index in [1.54, 1.807) is 0 Å². The molecule has 1 aliphatic heterocycles. The van der Waals surface area contributed by atoms with E-state index in [1.165, 1.54) is 6.42 Å². The van der Waals surface area contributed by atoms with E-state index in [4.69, 9.17) is 0 Å². The van der Waals surface area contributed by atoms with E-state index < -0.39 is 0 Å². The van der Waals surface area contributed by atoms with Crippen LogP contribution in [0.3, 0.4) is 0 Å². The van der Waals surface area contributed by atoms with Gasteiger partial charge in [0.1, 0.15) is 0 Å². The molecule has 1 saturated carbocycles. The molecule has 2 N–H and O–H groups in total. The van der Waals surface area contributed by atoms with Crippen molar-refractivity contribution in [2.75, 3.05) is 19.6 Å². The largest absolute Gasteiger partial charge is 0.393 e. The van der Waals surface area contributed by atoms with E-state index in [0.29, 0.717) is 11.8 Å². The molecule has 110 valence electrons.